The summed E-state index contributed by atoms with van der Waals surface area (Å²) in [4.78, 5) is 8.28. The Labute approximate surface area is 111 Å². The molecule has 1 saturated carbocycles. The molecule has 2 heterocycles. The van der Waals surface area contributed by atoms with Crippen molar-refractivity contribution in [2.75, 3.05) is 5.32 Å². The maximum Gasteiger partial charge on any atom is 0.255 e. The maximum atomic E-state index is 6.13. The van der Waals surface area contributed by atoms with Crippen LogP contribution < -0.4 is 5.32 Å². The van der Waals surface area contributed by atoms with Gasteiger partial charge in [0.15, 0.2) is 0 Å². The second-order valence-corrected chi connectivity index (χ2v) is 5.33. The van der Waals surface area contributed by atoms with Crippen LogP contribution in [-0.4, -0.2) is 25.6 Å². The summed E-state index contributed by atoms with van der Waals surface area (Å²) in [7, 11) is 0. The first kappa shape index (κ1) is 11.7. The van der Waals surface area contributed by atoms with Crippen LogP contribution in [0.25, 0.3) is 5.78 Å². The summed E-state index contributed by atoms with van der Waals surface area (Å²) in [6.45, 7) is 4.16. The van der Waals surface area contributed by atoms with Crippen molar-refractivity contribution in [2.45, 2.75) is 39.2 Å². The molecule has 0 aromatic carbocycles. The van der Waals surface area contributed by atoms with Crippen molar-refractivity contribution in [1.29, 1.82) is 0 Å². The van der Waals surface area contributed by atoms with E-state index in [1.165, 1.54) is 25.6 Å². The molecule has 0 amide bonds. The summed E-state index contributed by atoms with van der Waals surface area (Å²) in [5.41, 5.74) is 0.917. The van der Waals surface area contributed by atoms with Gasteiger partial charge in [0.2, 0.25) is 0 Å². The first-order valence-electron chi connectivity index (χ1n) is 6.29. The molecule has 2 aromatic heterocycles. The first-order valence-corrected chi connectivity index (χ1v) is 6.67. The molecular weight excluding hydrogens is 250 g/mol. The molecular formula is C12H16ClN5. The van der Waals surface area contributed by atoms with Crippen LogP contribution in [0, 0.1) is 12.8 Å². The number of hydrogen-bond donors (Lipinski definition) is 1. The number of fused-ring (bicyclic) bond motifs is 1. The molecule has 1 unspecified atom stereocenters. The van der Waals surface area contributed by atoms with Crippen LogP contribution in [0.1, 0.15) is 31.7 Å². The Morgan fingerprint density at radius 1 is 1.50 bits per heavy atom. The van der Waals surface area contributed by atoms with E-state index < -0.39 is 0 Å². The van der Waals surface area contributed by atoms with E-state index in [0.29, 0.717) is 17.0 Å². The number of nitrogens with one attached hydrogen (secondary N) is 1. The zero-order chi connectivity index (χ0) is 12.7. The van der Waals surface area contributed by atoms with Gasteiger partial charge in [-0.3, -0.25) is 0 Å². The smallest absolute Gasteiger partial charge is 0.255 e. The van der Waals surface area contributed by atoms with E-state index >= 15 is 0 Å². The first-order chi connectivity index (χ1) is 8.66. The van der Waals surface area contributed by atoms with Gasteiger partial charge in [-0.1, -0.05) is 18.0 Å². The Hall–Kier alpha value is -1.36. The van der Waals surface area contributed by atoms with Gasteiger partial charge in [0.25, 0.3) is 5.78 Å². The SMILES string of the molecule is Cc1c(Cl)nc2ncnn2c1NC(C)C1CCC1. The minimum Gasteiger partial charge on any atom is -0.367 e. The Morgan fingerprint density at radius 2 is 2.28 bits per heavy atom. The van der Waals surface area contributed by atoms with Crippen molar-refractivity contribution < 1.29 is 0 Å². The van der Waals surface area contributed by atoms with Gasteiger partial charge in [-0.25, -0.2) is 0 Å². The Morgan fingerprint density at radius 3 is 2.94 bits per heavy atom. The third-order valence-corrected chi connectivity index (χ3v) is 4.19. The van der Waals surface area contributed by atoms with Crippen LogP contribution in [0.4, 0.5) is 5.82 Å². The van der Waals surface area contributed by atoms with E-state index in [-0.39, 0.29) is 0 Å². The van der Waals surface area contributed by atoms with Crippen LogP contribution in [0.15, 0.2) is 6.33 Å². The number of rotatable bonds is 3. The molecule has 5 nitrogen and oxygen atoms in total. The molecule has 0 saturated heterocycles. The lowest BCUT2D eigenvalue weighted by molar-refractivity contribution is 0.284. The Balaban J connectivity index is 1.98. The van der Waals surface area contributed by atoms with Crippen molar-refractivity contribution >= 4 is 23.2 Å². The van der Waals surface area contributed by atoms with Crippen LogP contribution in [0.5, 0.6) is 0 Å². The zero-order valence-electron chi connectivity index (χ0n) is 10.5. The minimum atomic E-state index is 0.420. The lowest BCUT2D eigenvalue weighted by Crippen LogP contribution is -2.32. The van der Waals surface area contributed by atoms with Crippen molar-refractivity contribution in [3.8, 4) is 0 Å². The molecule has 3 rings (SSSR count). The van der Waals surface area contributed by atoms with Gasteiger partial charge in [-0.2, -0.15) is 19.6 Å². The predicted octanol–water partition coefficient (Wildman–Crippen LogP) is 2.69. The number of anilines is 1. The molecule has 1 N–H and O–H groups in total. The third-order valence-electron chi connectivity index (χ3n) is 3.83. The second kappa shape index (κ2) is 4.39. The quantitative estimate of drug-likeness (QED) is 0.867. The van der Waals surface area contributed by atoms with Crippen molar-refractivity contribution in [3.63, 3.8) is 0 Å². The molecule has 0 spiro atoms. The zero-order valence-corrected chi connectivity index (χ0v) is 11.3. The highest BCUT2D eigenvalue weighted by molar-refractivity contribution is 6.30. The van der Waals surface area contributed by atoms with Gasteiger partial charge >= 0.3 is 0 Å². The number of nitrogens with zero attached hydrogens (tertiary/aromatic N) is 4. The highest BCUT2D eigenvalue weighted by atomic mass is 35.5. The van der Waals surface area contributed by atoms with Crippen LogP contribution in [0.3, 0.4) is 0 Å². The molecule has 1 atom stereocenters. The van der Waals surface area contributed by atoms with E-state index in [0.717, 1.165) is 17.3 Å². The normalized spacial score (nSPS) is 17.7. The Kier molecular flexibility index (Phi) is 2.86. The molecule has 0 radical (unpaired) electrons. The maximum absolute atomic E-state index is 6.13. The van der Waals surface area contributed by atoms with Crippen LogP contribution in [-0.2, 0) is 0 Å². The molecule has 1 aliphatic rings. The van der Waals surface area contributed by atoms with Crippen molar-refractivity contribution in [1.82, 2.24) is 19.6 Å². The average molecular weight is 266 g/mol. The number of halogens is 1. The van der Waals surface area contributed by atoms with E-state index in [4.69, 9.17) is 11.6 Å². The average Bonchev–Trinajstić information content (AvgIpc) is 2.69. The summed E-state index contributed by atoms with van der Waals surface area (Å²) < 4.78 is 1.72. The largest absolute Gasteiger partial charge is 0.367 e. The van der Waals surface area contributed by atoms with Crippen molar-refractivity contribution in [2.24, 2.45) is 5.92 Å². The summed E-state index contributed by atoms with van der Waals surface area (Å²) in [5.74, 6) is 2.19. The fraction of sp³-hybridized carbons (Fsp3) is 0.583. The monoisotopic (exact) mass is 265 g/mol. The molecule has 1 fully saturated rings. The molecule has 96 valence electrons. The summed E-state index contributed by atoms with van der Waals surface area (Å²) in [6, 6.07) is 0.420. The lowest BCUT2D eigenvalue weighted by Gasteiger charge is -2.32. The molecule has 0 bridgehead atoms. The third kappa shape index (κ3) is 1.82. The van der Waals surface area contributed by atoms with Crippen LogP contribution in [0.2, 0.25) is 5.15 Å². The molecule has 2 aromatic rings. The molecule has 6 heteroatoms. The lowest BCUT2D eigenvalue weighted by atomic mass is 9.80. The van der Waals surface area contributed by atoms with Crippen LogP contribution >= 0.6 is 11.6 Å². The molecule has 18 heavy (non-hydrogen) atoms. The fourth-order valence-electron chi connectivity index (χ4n) is 2.34. The van der Waals surface area contributed by atoms with Gasteiger partial charge in [0, 0.05) is 11.6 Å². The highest BCUT2D eigenvalue weighted by Crippen LogP contribution is 2.32. The second-order valence-electron chi connectivity index (χ2n) is 4.97. The fourth-order valence-corrected chi connectivity index (χ4v) is 2.51. The van der Waals surface area contributed by atoms with Crippen molar-refractivity contribution in [3.05, 3.63) is 17.0 Å². The van der Waals surface area contributed by atoms with E-state index in [1.54, 1.807) is 4.52 Å². The summed E-state index contributed by atoms with van der Waals surface area (Å²) in [5, 5.41) is 8.20. The van der Waals surface area contributed by atoms with E-state index in [1.807, 2.05) is 6.92 Å². The minimum absolute atomic E-state index is 0.420. The van der Waals surface area contributed by atoms with Gasteiger partial charge < -0.3 is 5.32 Å². The van der Waals surface area contributed by atoms with Gasteiger partial charge in [-0.05, 0) is 32.6 Å². The topological polar surface area (TPSA) is 55.1 Å². The summed E-state index contributed by atoms with van der Waals surface area (Å²) in [6.07, 6.45) is 5.43. The van der Waals surface area contributed by atoms with Gasteiger partial charge in [-0.15, -0.1) is 0 Å². The molecule has 0 aliphatic heterocycles. The van der Waals surface area contributed by atoms with E-state index in [9.17, 15) is 0 Å². The standard InChI is InChI=1S/C12H16ClN5/c1-7-10(13)17-12-14-6-15-18(12)11(7)16-8(2)9-4-3-5-9/h6,8-9,16H,3-5H2,1-2H3. The number of aromatic nitrogens is 4. The predicted molar refractivity (Wildman–Crippen MR) is 71.0 cm³/mol. The van der Waals surface area contributed by atoms with E-state index in [2.05, 4.69) is 27.3 Å². The molecule has 1 aliphatic carbocycles. The van der Waals surface area contributed by atoms with Gasteiger partial charge in [0.05, 0.1) is 0 Å². The summed E-state index contributed by atoms with van der Waals surface area (Å²) >= 11 is 6.13. The number of hydrogen-bond acceptors (Lipinski definition) is 4. The Bertz CT molecular complexity index is 575. The highest BCUT2D eigenvalue weighted by Gasteiger charge is 2.25. The van der Waals surface area contributed by atoms with Gasteiger partial charge in [0.1, 0.15) is 17.3 Å².